The van der Waals surface area contributed by atoms with Crippen molar-refractivity contribution >= 4 is 11.4 Å². The lowest BCUT2D eigenvalue weighted by Crippen LogP contribution is -2.32. The average Bonchev–Trinajstić information content (AvgIpc) is 2.42. The summed E-state index contributed by atoms with van der Waals surface area (Å²) in [6.45, 7) is 2.10. The normalized spacial score (nSPS) is 13.8. The number of fused-ring (bicyclic) bond motifs is 1. The molecule has 4 heteroatoms. The molecule has 1 aliphatic heterocycles. The predicted molar refractivity (Wildman–Crippen MR) is 73.8 cm³/mol. The first-order chi connectivity index (χ1) is 9.24. The van der Waals surface area contributed by atoms with Gasteiger partial charge in [0.1, 0.15) is 18.2 Å². The van der Waals surface area contributed by atoms with E-state index in [9.17, 15) is 4.39 Å². The molecule has 0 bridgehead atoms. The van der Waals surface area contributed by atoms with Crippen molar-refractivity contribution in [3.8, 4) is 5.75 Å². The molecule has 0 radical (unpaired) electrons. The number of hydrogen-bond acceptors (Lipinski definition) is 3. The fraction of sp³-hybridized carbons (Fsp3) is 0.200. The van der Waals surface area contributed by atoms with E-state index in [4.69, 9.17) is 10.5 Å². The molecule has 1 heterocycles. The van der Waals surface area contributed by atoms with Gasteiger partial charge in [0.15, 0.2) is 0 Å². The lowest BCUT2D eigenvalue weighted by Gasteiger charge is -2.31. The lowest BCUT2D eigenvalue weighted by molar-refractivity contribution is 0.305. The minimum Gasteiger partial charge on any atom is -0.489 e. The van der Waals surface area contributed by atoms with Crippen molar-refractivity contribution < 1.29 is 9.13 Å². The zero-order chi connectivity index (χ0) is 13.2. The smallest absolute Gasteiger partial charge is 0.149 e. The number of rotatable bonds is 2. The molecule has 0 aromatic heterocycles. The molecule has 2 N–H and O–H groups in total. The van der Waals surface area contributed by atoms with Gasteiger partial charge in [0.2, 0.25) is 0 Å². The minimum absolute atomic E-state index is 0.155. The van der Waals surface area contributed by atoms with Crippen LogP contribution in [0.1, 0.15) is 5.56 Å². The van der Waals surface area contributed by atoms with Crippen molar-refractivity contribution in [2.75, 3.05) is 23.8 Å². The second-order valence-corrected chi connectivity index (χ2v) is 4.60. The van der Waals surface area contributed by atoms with Crippen molar-refractivity contribution in [1.29, 1.82) is 0 Å². The molecule has 0 saturated heterocycles. The summed E-state index contributed by atoms with van der Waals surface area (Å²) >= 11 is 0. The van der Waals surface area contributed by atoms with Gasteiger partial charge in [-0.2, -0.15) is 0 Å². The van der Waals surface area contributed by atoms with Crippen LogP contribution in [0.15, 0.2) is 42.5 Å². The van der Waals surface area contributed by atoms with Crippen LogP contribution in [0.3, 0.4) is 0 Å². The zero-order valence-corrected chi connectivity index (χ0v) is 10.5. The Labute approximate surface area is 111 Å². The maximum atomic E-state index is 13.4. The van der Waals surface area contributed by atoms with Gasteiger partial charge in [-0.25, -0.2) is 4.39 Å². The summed E-state index contributed by atoms with van der Waals surface area (Å²) in [6, 6.07) is 13.2. The highest BCUT2D eigenvalue weighted by Gasteiger charge is 2.20. The molecule has 0 unspecified atom stereocenters. The molecule has 19 heavy (non-hydrogen) atoms. The van der Waals surface area contributed by atoms with E-state index in [0.29, 0.717) is 12.4 Å². The summed E-state index contributed by atoms with van der Waals surface area (Å²) in [6.07, 6.45) is 0. The van der Waals surface area contributed by atoms with Gasteiger partial charge in [0.25, 0.3) is 0 Å². The third-order valence-corrected chi connectivity index (χ3v) is 3.25. The highest BCUT2D eigenvalue weighted by molar-refractivity contribution is 5.66. The van der Waals surface area contributed by atoms with Crippen LogP contribution in [-0.2, 0) is 6.54 Å². The molecule has 2 aromatic rings. The predicted octanol–water partition coefficient (Wildman–Crippen LogP) is 2.81. The molecule has 0 saturated carbocycles. The second kappa shape index (κ2) is 4.80. The Morgan fingerprint density at radius 2 is 2.00 bits per heavy atom. The van der Waals surface area contributed by atoms with Crippen LogP contribution in [0.5, 0.6) is 5.75 Å². The van der Waals surface area contributed by atoms with E-state index in [1.54, 1.807) is 6.07 Å². The molecule has 3 nitrogen and oxygen atoms in total. The SMILES string of the molecule is Nc1cc2c(cc1F)OCCN2Cc1ccccc1. The van der Waals surface area contributed by atoms with Crippen LogP contribution in [0.4, 0.5) is 15.8 Å². The van der Waals surface area contributed by atoms with Gasteiger partial charge >= 0.3 is 0 Å². The maximum absolute atomic E-state index is 13.4. The van der Waals surface area contributed by atoms with E-state index in [-0.39, 0.29) is 5.69 Å². The van der Waals surface area contributed by atoms with E-state index in [0.717, 1.165) is 18.8 Å². The largest absolute Gasteiger partial charge is 0.489 e. The average molecular weight is 258 g/mol. The number of benzene rings is 2. The number of nitrogen functional groups attached to an aromatic ring is 1. The number of halogens is 1. The molecule has 1 aliphatic rings. The molecular formula is C15H15FN2O. The van der Waals surface area contributed by atoms with Gasteiger partial charge in [-0.05, 0) is 11.6 Å². The number of hydrogen-bond donors (Lipinski definition) is 1. The lowest BCUT2D eigenvalue weighted by atomic mass is 10.1. The Morgan fingerprint density at radius 1 is 1.21 bits per heavy atom. The second-order valence-electron chi connectivity index (χ2n) is 4.60. The molecule has 0 amide bonds. The maximum Gasteiger partial charge on any atom is 0.149 e. The Hall–Kier alpha value is -2.23. The Bertz CT molecular complexity index is 586. The van der Waals surface area contributed by atoms with Crippen LogP contribution in [0, 0.1) is 5.82 Å². The van der Waals surface area contributed by atoms with Gasteiger partial charge in [-0.1, -0.05) is 30.3 Å². The Balaban J connectivity index is 1.92. The minimum atomic E-state index is -0.430. The molecule has 0 aliphatic carbocycles. The molecule has 3 rings (SSSR count). The summed E-state index contributed by atoms with van der Waals surface area (Å²) in [5, 5.41) is 0. The van der Waals surface area contributed by atoms with E-state index < -0.39 is 5.82 Å². The van der Waals surface area contributed by atoms with Gasteiger partial charge in [-0.3, -0.25) is 0 Å². The molecule has 2 aromatic carbocycles. The van der Waals surface area contributed by atoms with E-state index in [1.165, 1.54) is 11.6 Å². The molecule has 98 valence electrons. The summed E-state index contributed by atoms with van der Waals surface area (Å²) in [5.41, 5.74) is 7.86. The number of nitrogens with two attached hydrogens (primary N) is 1. The quantitative estimate of drug-likeness (QED) is 0.842. The zero-order valence-electron chi connectivity index (χ0n) is 10.5. The summed E-state index contributed by atoms with van der Waals surface area (Å²) in [4.78, 5) is 2.16. The highest BCUT2D eigenvalue weighted by Crippen LogP contribution is 2.35. The van der Waals surface area contributed by atoms with Crippen LogP contribution in [0.25, 0.3) is 0 Å². The standard InChI is InChI=1S/C15H15FN2O/c16-12-8-15-14(9-13(12)17)18(6-7-19-15)10-11-4-2-1-3-5-11/h1-5,8-9H,6-7,10,17H2. The van der Waals surface area contributed by atoms with Crippen LogP contribution >= 0.6 is 0 Å². The first kappa shape index (κ1) is 11.8. The Morgan fingerprint density at radius 3 is 2.79 bits per heavy atom. The van der Waals surface area contributed by atoms with Crippen molar-refractivity contribution in [3.63, 3.8) is 0 Å². The molecule has 0 atom stereocenters. The van der Waals surface area contributed by atoms with Crippen LogP contribution in [-0.4, -0.2) is 13.2 Å². The third-order valence-electron chi connectivity index (χ3n) is 3.25. The van der Waals surface area contributed by atoms with Gasteiger partial charge in [0, 0.05) is 12.6 Å². The summed E-state index contributed by atoms with van der Waals surface area (Å²) < 4.78 is 18.9. The van der Waals surface area contributed by atoms with Crippen molar-refractivity contribution in [2.24, 2.45) is 0 Å². The van der Waals surface area contributed by atoms with Gasteiger partial charge in [-0.15, -0.1) is 0 Å². The molecule has 0 spiro atoms. The highest BCUT2D eigenvalue weighted by atomic mass is 19.1. The topological polar surface area (TPSA) is 38.5 Å². The third kappa shape index (κ3) is 2.34. The van der Waals surface area contributed by atoms with Crippen LogP contribution < -0.4 is 15.4 Å². The fourth-order valence-corrected chi connectivity index (χ4v) is 2.28. The molecular weight excluding hydrogens is 243 g/mol. The van der Waals surface area contributed by atoms with Crippen LogP contribution in [0.2, 0.25) is 0 Å². The van der Waals surface area contributed by atoms with E-state index in [1.807, 2.05) is 18.2 Å². The van der Waals surface area contributed by atoms with Gasteiger partial charge < -0.3 is 15.4 Å². The summed E-state index contributed by atoms with van der Waals surface area (Å²) in [5.74, 6) is 0.134. The fourth-order valence-electron chi connectivity index (χ4n) is 2.28. The first-order valence-corrected chi connectivity index (χ1v) is 6.25. The van der Waals surface area contributed by atoms with Crippen molar-refractivity contribution in [2.45, 2.75) is 6.54 Å². The number of nitrogens with zero attached hydrogens (tertiary/aromatic N) is 1. The van der Waals surface area contributed by atoms with E-state index in [2.05, 4.69) is 17.0 Å². The number of ether oxygens (including phenoxy) is 1. The summed E-state index contributed by atoms with van der Waals surface area (Å²) in [7, 11) is 0. The van der Waals surface area contributed by atoms with Gasteiger partial charge in [0.05, 0.1) is 17.9 Å². The number of anilines is 2. The molecule has 0 fully saturated rings. The monoisotopic (exact) mass is 258 g/mol. The van der Waals surface area contributed by atoms with E-state index >= 15 is 0 Å². The van der Waals surface area contributed by atoms with Crippen molar-refractivity contribution in [1.82, 2.24) is 0 Å². The Kier molecular flexibility index (Phi) is 2.99. The van der Waals surface area contributed by atoms with Crippen molar-refractivity contribution in [3.05, 3.63) is 53.8 Å². The first-order valence-electron chi connectivity index (χ1n) is 6.25.